The Labute approximate surface area is 244 Å². The maximum absolute atomic E-state index is 14.9. The first-order valence-electron chi connectivity index (χ1n) is 13.4. The predicted molar refractivity (Wildman–Crippen MR) is 162 cm³/mol. The molecule has 0 fully saturated rings. The molecular weight excluding hydrogens is 553 g/mol. The van der Waals surface area contributed by atoms with Crippen molar-refractivity contribution in [1.29, 1.82) is 0 Å². The van der Waals surface area contributed by atoms with Gasteiger partial charge in [-0.3, -0.25) is 4.79 Å². The second-order valence-electron chi connectivity index (χ2n) is 9.38. The van der Waals surface area contributed by atoms with Crippen LogP contribution in [0.2, 0.25) is 0 Å². The van der Waals surface area contributed by atoms with Gasteiger partial charge >= 0.3 is 0 Å². The van der Waals surface area contributed by atoms with Crippen LogP contribution in [0.1, 0.15) is 18.9 Å². The van der Waals surface area contributed by atoms with Crippen LogP contribution >= 0.6 is 11.3 Å². The lowest BCUT2D eigenvalue weighted by Crippen LogP contribution is -2.23. The van der Waals surface area contributed by atoms with Gasteiger partial charge in [-0.25, -0.2) is 9.07 Å². The first-order chi connectivity index (χ1) is 20.5. The van der Waals surface area contributed by atoms with Gasteiger partial charge in [0.15, 0.2) is 17.4 Å². The summed E-state index contributed by atoms with van der Waals surface area (Å²) in [5.41, 5.74) is 3.04. The summed E-state index contributed by atoms with van der Waals surface area (Å²) in [6.45, 7) is 6.45. The Balaban J connectivity index is 1.39. The number of benzene rings is 3. The summed E-state index contributed by atoms with van der Waals surface area (Å²) in [7, 11) is 0. The number of thiazole rings is 1. The molecule has 0 N–H and O–H groups in total. The lowest BCUT2D eigenvalue weighted by atomic mass is 10.1. The zero-order valence-electron chi connectivity index (χ0n) is 22.7. The molecule has 210 valence electrons. The summed E-state index contributed by atoms with van der Waals surface area (Å²) in [5.74, 6) is 0.864. The van der Waals surface area contributed by atoms with Gasteiger partial charge in [-0.1, -0.05) is 49.1 Å². The molecular formula is C32H26FN5O3S. The molecule has 0 bridgehead atoms. The van der Waals surface area contributed by atoms with E-state index in [9.17, 15) is 9.18 Å². The average molecular weight is 580 g/mol. The summed E-state index contributed by atoms with van der Waals surface area (Å²) in [5, 5.41) is 9.22. The summed E-state index contributed by atoms with van der Waals surface area (Å²) in [6, 6.07) is 21.7. The number of fused-ring (bicyclic) bond motifs is 1. The molecule has 0 amide bonds. The molecule has 0 aliphatic carbocycles. The van der Waals surface area contributed by atoms with Crippen LogP contribution in [-0.2, 0) is 0 Å². The highest BCUT2D eigenvalue weighted by atomic mass is 32.1. The normalized spacial score (nSPS) is 11.7. The zero-order chi connectivity index (χ0) is 29.1. The van der Waals surface area contributed by atoms with Crippen molar-refractivity contribution in [3.63, 3.8) is 0 Å². The van der Waals surface area contributed by atoms with Crippen LogP contribution < -0.4 is 19.6 Å². The molecule has 3 aromatic heterocycles. The standard InChI is InChI=1S/C32H26FN5O3S/c1-3-16-40-25-13-10-21(11-14-25)30-34-32-38(36-30)31(39)28(42-32)19-23-20-37(24-8-6-5-7-9-24)35-29(23)22-12-15-27(26(33)18-22)41-17-4-2/h3,5-15,18-20H,1,4,16-17H2,2H3. The Hall–Kier alpha value is -5.09. The predicted octanol–water partition coefficient (Wildman–Crippen LogP) is 5.71. The zero-order valence-corrected chi connectivity index (χ0v) is 23.6. The number of halogens is 1. The molecule has 0 aliphatic rings. The van der Waals surface area contributed by atoms with E-state index >= 15 is 0 Å². The van der Waals surface area contributed by atoms with Crippen LogP contribution in [0.3, 0.4) is 0 Å². The average Bonchev–Trinajstić information content (AvgIpc) is 3.71. The molecule has 10 heteroatoms. The van der Waals surface area contributed by atoms with Crippen molar-refractivity contribution in [2.45, 2.75) is 13.3 Å². The van der Waals surface area contributed by atoms with Gasteiger partial charge in [0.25, 0.3) is 5.56 Å². The number of hydrogen-bond donors (Lipinski definition) is 0. The van der Waals surface area contributed by atoms with Gasteiger partial charge < -0.3 is 9.47 Å². The number of rotatable bonds is 10. The minimum atomic E-state index is -0.475. The van der Waals surface area contributed by atoms with Crippen molar-refractivity contribution in [3.05, 3.63) is 118 Å². The third kappa shape index (κ3) is 5.44. The molecule has 6 rings (SSSR count). The maximum atomic E-state index is 14.9. The third-order valence-electron chi connectivity index (χ3n) is 6.38. The van der Waals surface area contributed by atoms with Crippen LogP contribution in [-0.4, -0.2) is 37.6 Å². The fourth-order valence-corrected chi connectivity index (χ4v) is 5.26. The molecule has 0 unspecified atom stereocenters. The Morgan fingerprint density at radius 3 is 2.50 bits per heavy atom. The first-order valence-corrected chi connectivity index (χ1v) is 14.2. The van der Waals surface area contributed by atoms with Crippen LogP contribution in [0.5, 0.6) is 11.5 Å². The Kier molecular flexibility index (Phi) is 7.61. The van der Waals surface area contributed by atoms with Crippen LogP contribution in [0, 0.1) is 5.82 Å². The summed E-state index contributed by atoms with van der Waals surface area (Å²) in [4.78, 5) is 18.4. The van der Waals surface area contributed by atoms with Crippen molar-refractivity contribution in [3.8, 4) is 39.8 Å². The lowest BCUT2D eigenvalue weighted by Gasteiger charge is -2.07. The van der Waals surface area contributed by atoms with Crippen molar-refractivity contribution in [2.75, 3.05) is 13.2 Å². The molecule has 0 saturated heterocycles. The third-order valence-corrected chi connectivity index (χ3v) is 7.34. The highest BCUT2D eigenvalue weighted by Crippen LogP contribution is 2.29. The molecule has 6 aromatic rings. The van der Waals surface area contributed by atoms with Crippen LogP contribution in [0.15, 0.2) is 96.4 Å². The minimum absolute atomic E-state index is 0.191. The van der Waals surface area contributed by atoms with E-state index in [1.54, 1.807) is 29.0 Å². The van der Waals surface area contributed by atoms with Gasteiger partial charge in [0.1, 0.15) is 18.1 Å². The van der Waals surface area contributed by atoms with Crippen molar-refractivity contribution in [2.24, 2.45) is 0 Å². The summed E-state index contributed by atoms with van der Waals surface area (Å²) in [6.07, 6.45) is 6.02. The van der Waals surface area contributed by atoms with E-state index in [0.29, 0.717) is 51.1 Å². The van der Waals surface area contributed by atoms with E-state index in [-0.39, 0.29) is 11.3 Å². The molecule has 0 spiro atoms. The van der Waals surface area contributed by atoms with Gasteiger partial charge in [-0.2, -0.15) is 14.6 Å². The topological polar surface area (TPSA) is 83.5 Å². The Morgan fingerprint density at radius 1 is 1.00 bits per heavy atom. The van der Waals surface area contributed by atoms with E-state index in [1.807, 2.05) is 67.7 Å². The van der Waals surface area contributed by atoms with Gasteiger partial charge in [0.2, 0.25) is 4.96 Å². The molecule has 3 heterocycles. The molecule has 0 saturated carbocycles. The van der Waals surface area contributed by atoms with Crippen molar-refractivity contribution >= 4 is 22.4 Å². The lowest BCUT2D eigenvalue weighted by molar-refractivity contribution is 0.301. The molecule has 0 aliphatic heterocycles. The maximum Gasteiger partial charge on any atom is 0.291 e. The largest absolute Gasteiger partial charge is 0.491 e. The smallest absolute Gasteiger partial charge is 0.291 e. The number of hydrogen-bond acceptors (Lipinski definition) is 7. The summed E-state index contributed by atoms with van der Waals surface area (Å²) < 4.78 is 29.4. The van der Waals surface area contributed by atoms with E-state index in [1.165, 1.54) is 21.9 Å². The quantitative estimate of drug-likeness (QED) is 0.193. The number of aromatic nitrogens is 5. The highest BCUT2D eigenvalue weighted by Gasteiger charge is 2.16. The van der Waals surface area contributed by atoms with Gasteiger partial charge in [0, 0.05) is 22.9 Å². The molecule has 8 nitrogen and oxygen atoms in total. The molecule has 0 atom stereocenters. The monoisotopic (exact) mass is 579 g/mol. The van der Waals surface area contributed by atoms with Gasteiger partial charge in [-0.05, 0) is 67.1 Å². The minimum Gasteiger partial charge on any atom is -0.491 e. The fraction of sp³-hybridized carbons (Fsp3) is 0.125. The second kappa shape index (κ2) is 11.8. The highest BCUT2D eigenvalue weighted by molar-refractivity contribution is 7.15. The van der Waals surface area contributed by atoms with Crippen molar-refractivity contribution in [1.82, 2.24) is 24.4 Å². The number of ether oxygens (including phenoxy) is 2. The summed E-state index contributed by atoms with van der Waals surface area (Å²) >= 11 is 1.23. The van der Waals surface area contributed by atoms with E-state index < -0.39 is 5.82 Å². The fourth-order valence-electron chi connectivity index (χ4n) is 4.36. The van der Waals surface area contributed by atoms with Crippen LogP contribution in [0.25, 0.3) is 39.4 Å². The number of nitrogens with zero attached hydrogens (tertiary/aromatic N) is 5. The Morgan fingerprint density at radius 2 is 1.79 bits per heavy atom. The second-order valence-corrected chi connectivity index (χ2v) is 10.4. The number of para-hydroxylation sites is 1. The molecule has 42 heavy (non-hydrogen) atoms. The molecule has 0 radical (unpaired) electrons. The van der Waals surface area contributed by atoms with E-state index in [2.05, 4.69) is 16.7 Å². The van der Waals surface area contributed by atoms with E-state index in [4.69, 9.17) is 14.6 Å². The van der Waals surface area contributed by atoms with E-state index in [0.717, 1.165) is 17.7 Å². The Bertz CT molecular complexity index is 1980. The van der Waals surface area contributed by atoms with Crippen LogP contribution in [0.4, 0.5) is 4.39 Å². The molecule has 3 aromatic carbocycles. The first kappa shape index (κ1) is 27.1. The van der Waals surface area contributed by atoms with Gasteiger partial charge in [0.05, 0.1) is 16.8 Å². The van der Waals surface area contributed by atoms with Crippen molar-refractivity contribution < 1.29 is 13.9 Å². The van der Waals surface area contributed by atoms with Gasteiger partial charge in [-0.15, -0.1) is 5.10 Å². The SMILES string of the molecule is C=CCOc1ccc(-c2nc3sc(=Cc4cn(-c5ccccc5)nc4-c4ccc(OCCC)c(F)c4)c(=O)n3n2)cc1.